The van der Waals surface area contributed by atoms with Crippen molar-refractivity contribution in [2.75, 3.05) is 19.7 Å². The number of alkyl halides is 3. The topological polar surface area (TPSA) is 76.9 Å². The minimum Gasteiger partial charge on any atom is -0.494 e. The van der Waals surface area contributed by atoms with Crippen molar-refractivity contribution in [2.24, 2.45) is 0 Å². The van der Waals surface area contributed by atoms with Gasteiger partial charge in [-0.15, -0.1) is 29.9 Å². The second kappa shape index (κ2) is 12.3. The quantitative estimate of drug-likeness (QED) is 0.489. The minimum absolute atomic E-state index is 0. The van der Waals surface area contributed by atoms with E-state index in [0.29, 0.717) is 29.5 Å². The van der Waals surface area contributed by atoms with Crippen LogP contribution in [0.1, 0.15) is 36.2 Å². The van der Waals surface area contributed by atoms with Gasteiger partial charge in [-0.05, 0) is 54.1 Å². The fourth-order valence-electron chi connectivity index (χ4n) is 4.06. The zero-order valence-corrected chi connectivity index (χ0v) is 20.1. The van der Waals surface area contributed by atoms with Crippen molar-refractivity contribution in [3.8, 4) is 11.4 Å². The molecule has 4 rings (SSSR count). The number of hydrogen-bond donors (Lipinski definition) is 2. The summed E-state index contributed by atoms with van der Waals surface area (Å²) in [4.78, 5) is 0. The van der Waals surface area contributed by atoms with E-state index in [9.17, 15) is 13.2 Å². The van der Waals surface area contributed by atoms with E-state index in [1.165, 1.54) is 11.6 Å². The first-order valence-corrected chi connectivity index (χ1v) is 10.6. The molecular formula is C22H27Cl2F3N6O. The smallest absolute Gasteiger partial charge is 0.453 e. The molecule has 1 aliphatic rings. The van der Waals surface area contributed by atoms with Crippen LogP contribution in [-0.2, 0) is 12.7 Å². The zero-order chi connectivity index (χ0) is 22.6. The molecule has 0 aliphatic carbocycles. The Balaban J connectivity index is 0.00000204. The third-order valence-electron chi connectivity index (χ3n) is 5.58. The molecule has 1 saturated heterocycles. The Morgan fingerprint density at radius 3 is 2.62 bits per heavy atom. The van der Waals surface area contributed by atoms with Crippen LogP contribution in [0.4, 0.5) is 13.2 Å². The van der Waals surface area contributed by atoms with Crippen LogP contribution in [0, 0.1) is 0 Å². The molecule has 3 aromatic rings. The van der Waals surface area contributed by atoms with Crippen LogP contribution in [0.2, 0.25) is 0 Å². The predicted molar refractivity (Wildman–Crippen MR) is 127 cm³/mol. The SMILES string of the molecule is CCOc1ccc(-n2nnnc2C(F)(F)F)cc1CNC1CCNCC1c1ccccc1.Cl.Cl. The fraction of sp³-hybridized carbons (Fsp3) is 0.409. The van der Waals surface area contributed by atoms with Crippen molar-refractivity contribution >= 4 is 24.8 Å². The highest BCUT2D eigenvalue weighted by Crippen LogP contribution is 2.30. The molecule has 0 saturated carbocycles. The minimum atomic E-state index is -4.65. The third-order valence-corrected chi connectivity index (χ3v) is 5.58. The fourth-order valence-corrected chi connectivity index (χ4v) is 4.06. The van der Waals surface area contributed by atoms with Crippen molar-refractivity contribution in [2.45, 2.75) is 38.0 Å². The summed E-state index contributed by atoms with van der Waals surface area (Å²) in [5, 5.41) is 16.9. The van der Waals surface area contributed by atoms with Gasteiger partial charge >= 0.3 is 6.18 Å². The van der Waals surface area contributed by atoms with Gasteiger partial charge in [0.15, 0.2) is 0 Å². The van der Waals surface area contributed by atoms with Crippen LogP contribution < -0.4 is 15.4 Å². The van der Waals surface area contributed by atoms with Crippen LogP contribution in [-0.4, -0.2) is 45.9 Å². The Labute approximate surface area is 208 Å². The number of halogens is 5. The van der Waals surface area contributed by atoms with E-state index >= 15 is 0 Å². The Morgan fingerprint density at radius 2 is 1.91 bits per heavy atom. The molecule has 186 valence electrons. The van der Waals surface area contributed by atoms with Crippen molar-refractivity contribution < 1.29 is 17.9 Å². The second-order valence-electron chi connectivity index (χ2n) is 7.63. The normalized spacial score (nSPS) is 18.0. The van der Waals surface area contributed by atoms with Crippen LogP contribution in [0.15, 0.2) is 48.5 Å². The van der Waals surface area contributed by atoms with E-state index in [-0.39, 0.29) is 36.5 Å². The van der Waals surface area contributed by atoms with Gasteiger partial charge in [0.1, 0.15) is 5.75 Å². The Morgan fingerprint density at radius 1 is 1.15 bits per heavy atom. The highest BCUT2D eigenvalue weighted by molar-refractivity contribution is 5.85. The summed E-state index contributed by atoms with van der Waals surface area (Å²) in [7, 11) is 0. The van der Waals surface area contributed by atoms with Gasteiger partial charge in [-0.2, -0.15) is 17.9 Å². The number of benzene rings is 2. The molecule has 2 atom stereocenters. The maximum atomic E-state index is 13.3. The molecule has 0 bridgehead atoms. The molecule has 34 heavy (non-hydrogen) atoms. The summed E-state index contributed by atoms with van der Waals surface area (Å²) in [6.07, 6.45) is -3.72. The first-order valence-electron chi connectivity index (χ1n) is 10.6. The molecule has 12 heteroatoms. The Kier molecular flexibility index (Phi) is 10.1. The summed E-state index contributed by atoms with van der Waals surface area (Å²) in [5.74, 6) is -0.251. The van der Waals surface area contributed by atoms with Crippen molar-refractivity contribution in [3.05, 3.63) is 65.5 Å². The van der Waals surface area contributed by atoms with Crippen LogP contribution in [0.5, 0.6) is 5.75 Å². The summed E-state index contributed by atoms with van der Waals surface area (Å²) in [5.41, 5.74) is 2.23. The van der Waals surface area contributed by atoms with Gasteiger partial charge in [-0.25, -0.2) is 0 Å². The van der Waals surface area contributed by atoms with Gasteiger partial charge in [0.25, 0.3) is 5.82 Å². The summed E-state index contributed by atoms with van der Waals surface area (Å²) in [6, 6.07) is 15.3. The van der Waals surface area contributed by atoms with Crippen LogP contribution in [0.25, 0.3) is 5.69 Å². The maximum absolute atomic E-state index is 13.3. The summed E-state index contributed by atoms with van der Waals surface area (Å²) < 4.78 is 46.2. The van der Waals surface area contributed by atoms with Crippen LogP contribution >= 0.6 is 24.8 Å². The first-order chi connectivity index (χ1) is 15.5. The van der Waals surface area contributed by atoms with E-state index in [1.807, 2.05) is 25.1 Å². The largest absolute Gasteiger partial charge is 0.494 e. The molecule has 7 nitrogen and oxygen atoms in total. The van der Waals surface area contributed by atoms with Gasteiger partial charge < -0.3 is 15.4 Å². The van der Waals surface area contributed by atoms with Crippen molar-refractivity contribution in [1.82, 2.24) is 30.8 Å². The molecule has 1 aromatic heterocycles. The van der Waals surface area contributed by atoms with Crippen molar-refractivity contribution in [1.29, 1.82) is 0 Å². The van der Waals surface area contributed by atoms with Gasteiger partial charge in [0.2, 0.25) is 0 Å². The van der Waals surface area contributed by atoms with Gasteiger partial charge in [0, 0.05) is 30.6 Å². The Hall–Kier alpha value is -2.40. The molecule has 0 amide bonds. The maximum Gasteiger partial charge on any atom is 0.453 e. The predicted octanol–water partition coefficient (Wildman–Crippen LogP) is 4.16. The van der Waals surface area contributed by atoms with E-state index in [1.54, 1.807) is 12.1 Å². The number of aromatic nitrogens is 4. The lowest BCUT2D eigenvalue weighted by molar-refractivity contribution is -0.146. The molecule has 1 fully saturated rings. The third kappa shape index (κ3) is 6.38. The highest BCUT2D eigenvalue weighted by Gasteiger charge is 2.38. The molecule has 0 spiro atoms. The number of piperidine rings is 1. The number of nitrogens with one attached hydrogen (secondary N) is 2. The standard InChI is InChI=1S/C22H25F3N6O.2ClH/c1-2-32-20-9-8-17(31-21(22(23,24)25)28-29-30-31)12-16(20)13-27-19-10-11-26-14-18(19)15-6-4-3-5-7-15;;/h3-9,12,18-19,26-27H,2,10-11,13-14H2,1H3;2*1H. The molecule has 1 aliphatic heterocycles. The lowest BCUT2D eigenvalue weighted by Crippen LogP contribution is -2.45. The molecular weight excluding hydrogens is 492 g/mol. The average molecular weight is 519 g/mol. The molecule has 2 unspecified atom stereocenters. The molecule has 2 aromatic carbocycles. The first kappa shape index (κ1) is 27.8. The number of rotatable bonds is 7. The number of hydrogen-bond acceptors (Lipinski definition) is 6. The van der Waals surface area contributed by atoms with Gasteiger partial charge in [-0.1, -0.05) is 30.3 Å². The lowest BCUT2D eigenvalue weighted by Gasteiger charge is -2.33. The summed E-state index contributed by atoms with van der Waals surface area (Å²) >= 11 is 0. The highest BCUT2D eigenvalue weighted by atomic mass is 35.5. The van der Waals surface area contributed by atoms with Crippen LogP contribution in [0.3, 0.4) is 0 Å². The average Bonchev–Trinajstić information content (AvgIpc) is 3.30. The van der Waals surface area contributed by atoms with E-state index in [0.717, 1.165) is 25.1 Å². The molecule has 0 radical (unpaired) electrons. The van der Waals surface area contributed by atoms with E-state index < -0.39 is 12.0 Å². The summed E-state index contributed by atoms with van der Waals surface area (Å²) in [6.45, 7) is 4.52. The number of tetrazole rings is 1. The van der Waals surface area contributed by atoms with Gasteiger partial charge in [0.05, 0.1) is 12.3 Å². The second-order valence-corrected chi connectivity index (χ2v) is 7.63. The monoisotopic (exact) mass is 518 g/mol. The zero-order valence-electron chi connectivity index (χ0n) is 18.5. The number of nitrogens with zero attached hydrogens (tertiary/aromatic N) is 4. The molecule has 2 heterocycles. The number of ether oxygens (including phenoxy) is 1. The van der Waals surface area contributed by atoms with Crippen molar-refractivity contribution in [3.63, 3.8) is 0 Å². The van der Waals surface area contributed by atoms with E-state index in [4.69, 9.17) is 4.74 Å². The van der Waals surface area contributed by atoms with E-state index in [2.05, 4.69) is 38.3 Å². The van der Waals surface area contributed by atoms with Gasteiger partial charge in [-0.3, -0.25) is 0 Å². The lowest BCUT2D eigenvalue weighted by atomic mass is 9.87. The Bertz CT molecular complexity index is 1030. The molecule has 2 N–H and O–H groups in total.